The average molecular weight is 291 g/mol. The third-order valence-electron chi connectivity index (χ3n) is 5.08. The van der Waals surface area contributed by atoms with Crippen LogP contribution < -0.4 is 10.5 Å². The molecule has 118 valence electrons. The van der Waals surface area contributed by atoms with Crippen molar-refractivity contribution in [2.75, 3.05) is 14.2 Å². The van der Waals surface area contributed by atoms with Crippen LogP contribution in [0, 0.1) is 12.8 Å². The second-order valence-corrected chi connectivity index (χ2v) is 6.58. The van der Waals surface area contributed by atoms with Crippen molar-refractivity contribution in [3.05, 3.63) is 29.3 Å². The van der Waals surface area contributed by atoms with Gasteiger partial charge in [0.25, 0.3) is 0 Å². The normalized spacial score (nSPS) is 27.4. The Bertz CT molecular complexity index is 464. The summed E-state index contributed by atoms with van der Waals surface area (Å²) < 4.78 is 11.4. The maximum atomic E-state index is 6.56. The molecule has 0 amide bonds. The lowest BCUT2D eigenvalue weighted by molar-refractivity contribution is -0.0659. The quantitative estimate of drug-likeness (QED) is 0.903. The van der Waals surface area contributed by atoms with Crippen LogP contribution >= 0.6 is 0 Å². The topological polar surface area (TPSA) is 44.5 Å². The number of methoxy groups -OCH3 is 2. The minimum Gasteiger partial charge on any atom is -0.496 e. The maximum absolute atomic E-state index is 6.56. The van der Waals surface area contributed by atoms with Gasteiger partial charge in [0.05, 0.1) is 12.7 Å². The summed E-state index contributed by atoms with van der Waals surface area (Å²) in [5.41, 5.74) is 8.80. The summed E-state index contributed by atoms with van der Waals surface area (Å²) in [5.74, 6) is 1.71. The highest BCUT2D eigenvalue weighted by molar-refractivity contribution is 5.37. The van der Waals surface area contributed by atoms with Gasteiger partial charge in [0.2, 0.25) is 0 Å². The van der Waals surface area contributed by atoms with E-state index >= 15 is 0 Å². The summed E-state index contributed by atoms with van der Waals surface area (Å²) in [6.45, 7) is 4.41. The van der Waals surface area contributed by atoms with Crippen molar-refractivity contribution in [1.82, 2.24) is 0 Å². The molecule has 1 aliphatic carbocycles. The summed E-state index contributed by atoms with van der Waals surface area (Å²) in [7, 11) is 3.53. The molecule has 1 aromatic carbocycles. The first-order chi connectivity index (χ1) is 10.0. The van der Waals surface area contributed by atoms with Crippen LogP contribution in [0.25, 0.3) is 0 Å². The zero-order valence-corrected chi connectivity index (χ0v) is 13.8. The minimum atomic E-state index is -0.179. The van der Waals surface area contributed by atoms with E-state index in [-0.39, 0.29) is 11.6 Å². The molecule has 1 saturated carbocycles. The molecule has 2 N–H and O–H groups in total. The van der Waals surface area contributed by atoms with Gasteiger partial charge >= 0.3 is 0 Å². The van der Waals surface area contributed by atoms with Crippen LogP contribution in [0.2, 0.25) is 0 Å². The molecule has 1 aliphatic rings. The summed E-state index contributed by atoms with van der Waals surface area (Å²) >= 11 is 0. The predicted molar refractivity (Wildman–Crippen MR) is 86.8 cm³/mol. The van der Waals surface area contributed by atoms with Crippen molar-refractivity contribution in [3.63, 3.8) is 0 Å². The molecule has 0 radical (unpaired) electrons. The van der Waals surface area contributed by atoms with E-state index in [0.717, 1.165) is 30.9 Å². The predicted octanol–water partition coefficient (Wildman–Crippen LogP) is 3.47. The Morgan fingerprint density at radius 1 is 1.29 bits per heavy atom. The molecule has 0 aromatic heterocycles. The van der Waals surface area contributed by atoms with Crippen LogP contribution in [0.5, 0.6) is 5.75 Å². The lowest BCUT2D eigenvalue weighted by atomic mass is 9.74. The fraction of sp³-hybridized carbons (Fsp3) is 0.667. The van der Waals surface area contributed by atoms with Crippen molar-refractivity contribution in [2.45, 2.75) is 57.6 Å². The second kappa shape index (κ2) is 6.80. The Hall–Kier alpha value is -1.06. The first kappa shape index (κ1) is 16.3. The van der Waals surface area contributed by atoms with Crippen LogP contribution in [0.4, 0.5) is 0 Å². The summed E-state index contributed by atoms with van der Waals surface area (Å²) in [6.07, 6.45) is 5.31. The summed E-state index contributed by atoms with van der Waals surface area (Å²) in [6, 6.07) is 6.28. The third-order valence-corrected chi connectivity index (χ3v) is 5.08. The van der Waals surface area contributed by atoms with E-state index in [0.29, 0.717) is 0 Å². The van der Waals surface area contributed by atoms with E-state index < -0.39 is 0 Å². The van der Waals surface area contributed by atoms with Gasteiger partial charge in [0, 0.05) is 13.2 Å². The summed E-state index contributed by atoms with van der Waals surface area (Å²) in [4.78, 5) is 0. The Kier molecular flexibility index (Phi) is 5.28. The maximum Gasteiger partial charge on any atom is 0.122 e. The smallest absolute Gasteiger partial charge is 0.122 e. The van der Waals surface area contributed by atoms with E-state index in [9.17, 15) is 0 Å². The molecule has 0 heterocycles. The molecule has 0 bridgehead atoms. The zero-order valence-electron chi connectivity index (χ0n) is 13.8. The van der Waals surface area contributed by atoms with E-state index in [2.05, 4.69) is 26.0 Å². The van der Waals surface area contributed by atoms with E-state index in [1.807, 2.05) is 13.2 Å². The molecule has 1 fully saturated rings. The number of aryl methyl sites for hydroxylation is 1. The van der Waals surface area contributed by atoms with Crippen molar-refractivity contribution < 1.29 is 9.47 Å². The third kappa shape index (κ3) is 3.58. The molecule has 3 heteroatoms. The van der Waals surface area contributed by atoms with Gasteiger partial charge in [-0.25, -0.2) is 0 Å². The second-order valence-electron chi connectivity index (χ2n) is 6.58. The van der Waals surface area contributed by atoms with Crippen LogP contribution in [-0.2, 0) is 11.2 Å². The van der Waals surface area contributed by atoms with E-state index in [4.69, 9.17) is 15.2 Å². The van der Waals surface area contributed by atoms with Gasteiger partial charge in [0.1, 0.15) is 5.75 Å². The molecule has 2 rings (SSSR count). The van der Waals surface area contributed by atoms with Gasteiger partial charge in [-0.15, -0.1) is 0 Å². The molecule has 0 aliphatic heterocycles. The lowest BCUT2D eigenvalue weighted by Gasteiger charge is -2.42. The number of nitrogens with two attached hydrogens (primary N) is 1. The number of hydrogen-bond donors (Lipinski definition) is 1. The van der Waals surface area contributed by atoms with Crippen LogP contribution in [0.3, 0.4) is 0 Å². The van der Waals surface area contributed by atoms with Gasteiger partial charge in [-0.05, 0) is 56.6 Å². The lowest BCUT2D eigenvalue weighted by Crippen LogP contribution is -2.52. The van der Waals surface area contributed by atoms with Gasteiger partial charge < -0.3 is 15.2 Å². The number of ether oxygens (including phenoxy) is 2. The van der Waals surface area contributed by atoms with Crippen molar-refractivity contribution in [1.29, 1.82) is 0 Å². The molecular weight excluding hydrogens is 262 g/mol. The van der Waals surface area contributed by atoms with Crippen LogP contribution in [0.1, 0.15) is 43.7 Å². The van der Waals surface area contributed by atoms with E-state index in [1.165, 1.54) is 24.0 Å². The Morgan fingerprint density at radius 2 is 1.95 bits per heavy atom. The van der Waals surface area contributed by atoms with Gasteiger partial charge in [-0.2, -0.15) is 0 Å². The van der Waals surface area contributed by atoms with Crippen LogP contribution in [0.15, 0.2) is 18.2 Å². The first-order valence-electron chi connectivity index (χ1n) is 7.95. The Labute approximate surface area is 128 Å². The van der Waals surface area contributed by atoms with Gasteiger partial charge in [-0.1, -0.05) is 24.6 Å². The average Bonchev–Trinajstić information content (AvgIpc) is 2.48. The monoisotopic (exact) mass is 291 g/mol. The molecule has 1 atom stereocenters. The fourth-order valence-corrected chi connectivity index (χ4v) is 3.47. The molecular formula is C18H29NO2. The van der Waals surface area contributed by atoms with Crippen molar-refractivity contribution >= 4 is 0 Å². The SMILES string of the molecule is COc1ccc(C)cc1CC(N)C1(OC)CCC(C)CC1. The minimum absolute atomic E-state index is 0.00528. The Morgan fingerprint density at radius 3 is 2.52 bits per heavy atom. The number of rotatable bonds is 5. The first-order valence-corrected chi connectivity index (χ1v) is 7.95. The molecule has 1 unspecified atom stereocenters. The Balaban J connectivity index is 2.16. The largest absolute Gasteiger partial charge is 0.496 e. The molecule has 0 saturated heterocycles. The van der Waals surface area contributed by atoms with E-state index in [1.54, 1.807) is 7.11 Å². The molecule has 21 heavy (non-hydrogen) atoms. The highest BCUT2D eigenvalue weighted by Crippen LogP contribution is 2.37. The summed E-state index contributed by atoms with van der Waals surface area (Å²) in [5, 5.41) is 0. The van der Waals surface area contributed by atoms with Crippen LogP contribution in [-0.4, -0.2) is 25.9 Å². The molecule has 1 aromatic rings. The standard InChI is InChI=1S/C18H29NO2/c1-13-7-9-18(21-4,10-8-13)17(19)12-15-11-14(2)5-6-16(15)20-3/h5-6,11,13,17H,7-10,12,19H2,1-4H3. The zero-order chi connectivity index (χ0) is 15.5. The highest BCUT2D eigenvalue weighted by Gasteiger charge is 2.39. The van der Waals surface area contributed by atoms with Gasteiger partial charge in [-0.3, -0.25) is 0 Å². The number of benzene rings is 1. The molecule has 3 nitrogen and oxygen atoms in total. The van der Waals surface area contributed by atoms with Crippen molar-refractivity contribution in [2.24, 2.45) is 11.7 Å². The number of hydrogen-bond acceptors (Lipinski definition) is 3. The molecule has 0 spiro atoms. The van der Waals surface area contributed by atoms with Crippen molar-refractivity contribution in [3.8, 4) is 5.75 Å². The van der Waals surface area contributed by atoms with Gasteiger partial charge in [0.15, 0.2) is 0 Å². The highest BCUT2D eigenvalue weighted by atomic mass is 16.5. The fourth-order valence-electron chi connectivity index (χ4n) is 3.47.